The molecule has 1 saturated heterocycles. The van der Waals surface area contributed by atoms with Gasteiger partial charge in [-0.05, 0) is 38.3 Å². The highest BCUT2D eigenvalue weighted by Crippen LogP contribution is 2.43. The fourth-order valence-corrected chi connectivity index (χ4v) is 4.60. The van der Waals surface area contributed by atoms with Crippen molar-refractivity contribution >= 4 is 11.8 Å². The van der Waals surface area contributed by atoms with Crippen molar-refractivity contribution in [1.29, 1.82) is 0 Å². The van der Waals surface area contributed by atoms with E-state index in [1.165, 1.54) is 19.3 Å². The summed E-state index contributed by atoms with van der Waals surface area (Å²) in [5, 5.41) is 0. The van der Waals surface area contributed by atoms with Crippen molar-refractivity contribution in [3.8, 4) is 0 Å². The molecule has 1 aliphatic carbocycles. The van der Waals surface area contributed by atoms with Crippen molar-refractivity contribution in [3.05, 3.63) is 30.1 Å². The van der Waals surface area contributed by atoms with Crippen LogP contribution in [0.5, 0.6) is 0 Å². The summed E-state index contributed by atoms with van der Waals surface area (Å²) in [6, 6.07) is 3.71. The van der Waals surface area contributed by atoms with Crippen molar-refractivity contribution in [2.75, 3.05) is 13.1 Å². The molecule has 1 aromatic rings. The van der Waals surface area contributed by atoms with Crippen LogP contribution in [0.3, 0.4) is 0 Å². The van der Waals surface area contributed by atoms with Crippen LogP contribution in [-0.4, -0.2) is 51.3 Å². The van der Waals surface area contributed by atoms with Gasteiger partial charge in [0.2, 0.25) is 5.91 Å². The Morgan fingerprint density at radius 2 is 2.08 bits per heavy atom. The Morgan fingerprint density at radius 1 is 1.33 bits per heavy atom. The Bertz CT molecular complexity index is 596. The average Bonchev–Trinajstić information content (AvgIpc) is 2.95. The van der Waals surface area contributed by atoms with E-state index in [-0.39, 0.29) is 23.4 Å². The van der Waals surface area contributed by atoms with Gasteiger partial charge in [0.1, 0.15) is 0 Å². The molecule has 0 aromatic carbocycles. The van der Waals surface area contributed by atoms with E-state index in [1.807, 2.05) is 17.9 Å². The molecular formula is C19H27N3O2. The Labute approximate surface area is 144 Å². The summed E-state index contributed by atoms with van der Waals surface area (Å²) in [4.78, 5) is 33.2. The van der Waals surface area contributed by atoms with Crippen LogP contribution in [0.15, 0.2) is 24.5 Å². The van der Waals surface area contributed by atoms with E-state index in [0.717, 1.165) is 19.3 Å². The van der Waals surface area contributed by atoms with Gasteiger partial charge in [-0.15, -0.1) is 0 Å². The second-order valence-corrected chi connectivity index (χ2v) is 7.11. The zero-order valence-corrected chi connectivity index (χ0v) is 14.7. The van der Waals surface area contributed by atoms with Gasteiger partial charge >= 0.3 is 0 Å². The number of likely N-dealkylation sites (N-methyl/N-ethyl adjacent to an activating group) is 1. The molecule has 1 aromatic heterocycles. The smallest absolute Gasteiger partial charge is 0.255 e. The Kier molecular flexibility index (Phi) is 4.88. The molecule has 5 nitrogen and oxygen atoms in total. The van der Waals surface area contributed by atoms with Crippen molar-refractivity contribution in [2.45, 2.75) is 64.0 Å². The standard InChI is InChI=1S/C19H27N3O2/c1-3-21(18(24)16-8-7-11-20-13-16)17-12-19(9-5-4-6-10-19)22(14-17)15(2)23/h7-8,11,13,17H,3-6,9-10,12,14H2,1-2H3. The Hall–Kier alpha value is -1.91. The maximum absolute atomic E-state index is 12.9. The number of carbonyl (C=O) groups excluding carboxylic acids is 2. The summed E-state index contributed by atoms with van der Waals surface area (Å²) in [5.41, 5.74) is 0.593. The molecule has 1 aliphatic heterocycles. The van der Waals surface area contributed by atoms with Crippen LogP contribution in [0.2, 0.25) is 0 Å². The van der Waals surface area contributed by atoms with Crippen molar-refractivity contribution in [3.63, 3.8) is 0 Å². The second kappa shape index (κ2) is 6.91. The van der Waals surface area contributed by atoms with Gasteiger partial charge in [0.05, 0.1) is 11.6 Å². The van der Waals surface area contributed by atoms with E-state index in [4.69, 9.17) is 0 Å². The van der Waals surface area contributed by atoms with E-state index < -0.39 is 0 Å². The second-order valence-electron chi connectivity index (χ2n) is 7.11. The van der Waals surface area contributed by atoms with Crippen LogP contribution in [0.4, 0.5) is 0 Å². The first-order valence-corrected chi connectivity index (χ1v) is 9.06. The fourth-order valence-electron chi connectivity index (χ4n) is 4.60. The lowest BCUT2D eigenvalue weighted by Gasteiger charge is -2.41. The summed E-state index contributed by atoms with van der Waals surface area (Å²) in [5.74, 6) is 0.163. The molecule has 5 heteroatoms. The average molecular weight is 329 g/mol. The number of amides is 2. The number of rotatable bonds is 3. The molecule has 0 bridgehead atoms. The molecule has 1 atom stereocenters. The number of pyridine rings is 1. The molecule has 1 saturated carbocycles. The van der Waals surface area contributed by atoms with Crippen LogP contribution < -0.4 is 0 Å². The predicted octanol–water partition coefficient (Wildman–Crippen LogP) is 2.87. The SMILES string of the molecule is CCN(C(=O)c1cccnc1)C1CN(C(C)=O)C2(CCCCC2)C1. The number of aromatic nitrogens is 1. The van der Waals surface area contributed by atoms with Crippen LogP contribution in [0.25, 0.3) is 0 Å². The highest BCUT2D eigenvalue weighted by atomic mass is 16.2. The molecule has 2 heterocycles. The van der Waals surface area contributed by atoms with Crippen LogP contribution in [-0.2, 0) is 4.79 Å². The van der Waals surface area contributed by atoms with Crippen LogP contribution in [0.1, 0.15) is 62.7 Å². The molecule has 130 valence electrons. The normalized spacial score (nSPS) is 22.6. The van der Waals surface area contributed by atoms with Gasteiger partial charge in [-0.2, -0.15) is 0 Å². The van der Waals surface area contributed by atoms with E-state index >= 15 is 0 Å². The fraction of sp³-hybridized carbons (Fsp3) is 0.632. The van der Waals surface area contributed by atoms with Gasteiger partial charge in [-0.1, -0.05) is 19.3 Å². The lowest BCUT2D eigenvalue weighted by molar-refractivity contribution is -0.134. The summed E-state index contributed by atoms with van der Waals surface area (Å²) in [7, 11) is 0. The molecule has 0 N–H and O–H groups in total. The van der Waals surface area contributed by atoms with Gasteiger partial charge in [0.15, 0.2) is 0 Å². The molecule has 2 amide bonds. The molecule has 1 unspecified atom stereocenters. The third-order valence-corrected chi connectivity index (χ3v) is 5.70. The minimum absolute atomic E-state index is 0.0203. The summed E-state index contributed by atoms with van der Waals surface area (Å²) >= 11 is 0. The third kappa shape index (κ3) is 3.04. The number of carbonyl (C=O) groups is 2. The van der Waals surface area contributed by atoms with Crippen LogP contribution in [0, 0.1) is 0 Å². The minimum atomic E-state index is -0.0304. The summed E-state index contributed by atoms with van der Waals surface area (Å²) in [6.07, 6.45) is 9.97. The molecule has 1 spiro atoms. The van der Waals surface area contributed by atoms with E-state index in [2.05, 4.69) is 9.88 Å². The van der Waals surface area contributed by atoms with Crippen molar-refractivity contribution in [1.82, 2.24) is 14.8 Å². The summed E-state index contributed by atoms with van der Waals surface area (Å²) < 4.78 is 0. The molecular weight excluding hydrogens is 302 g/mol. The molecule has 2 aliphatic rings. The van der Waals surface area contributed by atoms with E-state index in [1.54, 1.807) is 25.4 Å². The Morgan fingerprint density at radius 3 is 2.67 bits per heavy atom. The lowest BCUT2D eigenvalue weighted by Crippen LogP contribution is -2.47. The first-order chi connectivity index (χ1) is 11.6. The zero-order chi connectivity index (χ0) is 17.2. The van der Waals surface area contributed by atoms with Gasteiger partial charge in [-0.3, -0.25) is 14.6 Å². The van der Waals surface area contributed by atoms with Crippen LogP contribution >= 0.6 is 0 Å². The first-order valence-electron chi connectivity index (χ1n) is 9.06. The minimum Gasteiger partial charge on any atom is -0.335 e. The highest BCUT2D eigenvalue weighted by Gasteiger charge is 2.49. The Balaban J connectivity index is 1.83. The van der Waals surface area contributed by atoms with Gasteiger partial charge in [0.25, 0.3) is 5.91 Å². The maximum atomic E-state index is 12.9. The largest absolute Gasteiger partial charge is 0.335 e. The topological polar surface area (TPSA) is 53.5 Å². The summed E-state index contributed by atoms with van der Waals surface area (Å²) in [6.45, 7) is 4.99. The molecule has 2 fully saturated rings. The predicted molar refractivity (Wildman–Crippen MR) is 92.6 cm³/mol. The van der Waals surface area contributed by atoms with E-state index in [0.29, 0.717) is 18.7 Å². The number of nitrogens with zero attached hydrogens (tertiary/aromatic N) is 3. The quantitative estimate of drug-likeness (QED) is 0.857. The lowest BCUT2D eigenvalue weighted by atomic mass is 9.79. The number of hydrogen-bond donors (Lipinski definition) is 0. The number of hydrogen-bond acceptors (Lipinski definition) is 3. The third-order valence-electron chi connectivity index (χ3n) is 5.70. The molecule has 0 radical (unpaired) electrons. The number of likely N-dealkylation sites (tertiary alicyclic amines) is 1. The van der Waals surface area contributed by atoms with Gasteiger partial charge in [-0.25, -0.2) is 0 Å². The molecule has 24 heavy (non-hydrogen) atoms. The zero-order valence-electron chi connectivity index (χ0n) is 14.7. The van der Waals surface area contributed by atoms with Crippen molar-refractivity contribution < 1.29 is 9.59 Å². The van der Waals surface area contributed by atoms with E-state index in [9.17, 15) is 9.59 Å². The maximum Gasteiger partial charge on any atom is 0.255 e. The monoisotopic (exact) mass is 329 g/mol. The highest BCUT2D eigenvalue weighted by molar-refractivity contribution is 5.94. The van der Waals surface area contributed by atoms with Crippen molar-refractivity contribution in [2.24, 2.45) is 0 Å². The van der Waals surface area contributed by atoms with Gasteiger partial charge < -0.3 is 9.80 Å². The van der Waals surface area contributed by atoms with Gasteiger partial charge in [0, 0.05) is 37.9 Å². The first kappa shape index (κ1) is 16.9. The molecule has 3 rings (SSSR count).